The first-order chi connectivity index (χ1) is 14.1. The molecule has 2 rings (SSSR count). The Hall–Kier alpha value is -1.59. The summed E-state index contributed by atoms with van der Waals surface area (Å²) < 4.78 is 22.5. The lowest BCUT2D eigenvalue weighted by Gasteiger charge is -2.26. The van der Waals surface area contributed by atoms with Gasteiger partial charge >= 0.3 is 0 Å². The molecule has 4 nitrogen and oxygen atoms in total. The third-order valence-electron chi connectivity index (χ3n) is 4.53. The molecule has 0 saturated heterocycles. The summed E-state index contributed by atoms with van der Waals surface area (Å²) in [6.45, 7) is 13.7. The van der Waals surface area contributed by atoms with Crippen LogP contribution in [0.4, 0.5) is 0 Å². The maximum absolute atomic E-state index is 11.0. The number of benzene rings is 1. The van der Waals surface area contributed by atoms with E-state index < -0.39 is 0 Å². The minimum absolute atomic E-state index is 0.198. The van der Waals surface area contributed by atoms with Crippen LogP contribution in [-0.2, 0) is 4.57 Å². The van der Waals surface area contributed by atoms with E-state index in [1.807, 2.05) is 33.8 Å². The van der Waals surface area contributed by atoms with Crippen molar-refractivity contribution in [2.24, 2.45) is 0 Å². The molecule has 0 amide bonds. The molecule has 0 N–H and O–H groups in total. The van der Waals surface area contributed by atoms with Crippen LogP contribution < -0.4 is 9.47 Å². The van der Waals surface area contributed by atoms with Gasteiger partial charge in [-0.3, -0.25) is 4.57 Å². The van der Waals surface area contributed by atoms with Crippen molar-refractivity contribution in [1.82, 2.24) is 0 Å². The van der Waals surface area contributed by atoms with E-state index >= 15 is 0 Å². The van der Waals surface area contributed by atoms with Gasteiger partial charge < -0.3 is 9.47 Å². The molecule has 1 unspecified atom stereocenters. The quantitative estimate of drug-likeness (QED) is 0.415. The van der Waals surface area contributed by atoms with Crippen molar-refractivity contribution >= 4 is 8.46 Å². The summed E-state index contributed by atoms with van der Waals surface area (Å²) in [4.78, 5) is 0. The Morgan fingerprint density at radius 1 is 1.14 bits per heavy atom. The van der Waals surface area contributed by atoms with Crippen molar-refractivity contribution in [3.8, 4) is 17.6 Å². The van der Waals surface area contributed by atoms with Crippen LogP contribution in [0.2, 0.25) is 0 Å². The Morgan fingerprint density at radius 2 is 1.69 bits per heavy atom. The standard InChI is InChI=1S/C18H27O3P.C2H3N.2C2H6/c1-4-5-13(2)21-18-12-15(8-11-17(18)20-3)14-6-9-16(22-19)10-7-14;1-2-3;2*1-2/h8,11-14,16H,4-7,9-10H2,1-3H3;1H3;2*1-2H3. The molecular formula is C24H42NO3P. The highest BCUT2D eigenvalue weighted by atomic mass is 31.1. The SMILES string of the molecule is CC.CC.CC#N.CCCC(C)Oc1cc(C2CCC(P=O)CC2)ccc1OC. The zero-order valence-electron chi connectivity index (χ0n) is 19.8. The van der Waals surface area contributed by atoms with E-state index in [1.165, 1.54) is 12.5 Å². The molecule has 29 heavy (non-hydrogen) atoms. The van der Waals surface area contributed by atoms with Crippen LogP contribution in [0.5, 0.6) is 11.5 Å². The number of ether oxygens (including phenoxy) is 2. The zero-order valence-corrected chi connectivity index (χ0v) is 20.7. The first-order valence-corrected chi connectivity index (χ1v) is 12.0. The van der Waals surface area contributed by atoms with Crippen LogP contribution in [0.15, 0.2) is 18.2 Å². The first kappa shape index (κ1) is 29.6. The second-order valence-electron chi connectivity index (χ2n) is 6.46. The second-order valence-corrected chi connectivity index (χ2v) is 7.40. The van der Waals surface area contributed by atoms with Gasteiger partial charge in [-0.25, -0.2) is 0 Å². The molecule has 0 heterocycles. The number of methoxy groups -OCH3 is 1. The molecule has 1 aliphatic rings. The van der Waals surface area contributed by atoms with Crippen molar-refractivity contribution in [3.63, 3.8) is 0 Å². The van der Waals surface area contributed by atoms with Crippen molar-refractivity contribution in [2.75, 3.05) is 7.11 Å². The minimum atomic E-state index is 0.198. The van der Waals surface area contributed by atoms with Gasteiger partial charge in [-0.15, -0.1) is 0 Å². The third-order valence-corrected chi connectivity index (χ3v) is 5.34. The lowest BCUT2D eigenvalue weighted by atomic mass is 9.84. The monoisotopic (exact) mass is 423 g/mol. The van der Waals surface area contributed by atoms with Crippen molar-refractivity contribution in [2.45, 2.75) is 105 Å². The molecular weight excluding hydrogens is 381 g/mol. The molecule has 1 saturated carbocycles. The molecule has 0 aliphatic heterocycles. The summed E-state index contributed by atoms with van der Waals surface area (Å²) in [7, 11) is 2.00. The van der Waals surface area contributed by atoms with Crippen LogP contribution in [0.25, 0.3) is 0 Å². The fourth-order valence-electron chi connectivity index (χ4n) is 3.24. The van der Waals surface area contributed by atoms with Gasteiger partial charge in [0.15, 0.2) is 20.0 Å². The van der Waals surface area contributed by atoms with E-state index in [0.29, 0.717) is 20.0 Å². The normalized spacial score (nSPS) is 18.3. The van der Waals surface area contributed by atoms with Gasteiger partial charge in [0.2, 0.25) is 0 Å². The Balaban J connectivity index is 0. The molecule has 0 radical (unpaired) electrons. The lowest BCUT2D eigenvalue weighted by Crippen LogP contribution is -2.14. The summed E-state index contributed by atoms with van der Waals surface area (Å²) in [6, 6.07) is 8.06. The summed E-state index contributed by atoms with van der Waals surface area (Å²) in [6.07, 6.45) is 6.66. The Morgan fingerprint density at radius 3 is 2.14 bits per heavy atom. The Bertz CT molecular complexity index is 564. The van der Waals surface area contributed by atoms with Gasteiger partial charge in [0.05, 0.1) is 19.3 Å². The summed E-state index contributed by atoms with van der Waals surface area (Å²) >= 11 is 0. The van der Waals surface area contributed by atoms with Crippen LogP contribution in [0, 0.1) is 11.3 Å². The van der Waals surface area contributed by atoms with Crippen LogP contribution in [-0.4, -0.2) is 18.9 Å². The Kier molecular flexibility index (Phi) is 20.1. The highest BCUT2D eigenvalue weighted by molar-refractivity contribution is 7.24. The number of rotatable bonds is 7. The largest absolute Gasteiger partial charge is 0.493 e. The van der Waals surface area contributed by atoms with Gasteiger partial charge in [-0.05, 0) is 62.6 Å². The molecule has 0 spiro atoms. The predicted molar refractivity (Wildman–Crippen MR) is 125 cm³/mol. The van der Waals surface area contributed by atoms with Crippen molar-refractivity contribution in [1.29, 1.82) is 5.26 Å². The van der Waals surface area contributed by atoms with E-state index in [0.717, 1.165) is 50.0 Å². The fraction of sp³-hybridized carbons (Fsp3) is 0.708. The van der Waals surface area contributed by atoms with Gasteiger partial charge in [0.25, 0.3) is 0 Å². The zero-order chi connectivity index (χ0) is 22.7. The number of nitrogens with zero attached hydrogens (tertiary/aromatic N) is 1. The molecule has 1 fully saturated rings. The number of hydrogen-bond acceptors (Lipinski definition) is 4. The van der Waals surface area contributed by atoms with E-state index in [-0.39, 0.29) is 6.10 Å². The van der Waals surface area contributed by atoms with Gasteiger partial charge in [-0.2, -0.15) is 5.26 Å². The Labute approximate surface area is 181 Å². The minimum Gasteiger partial charge on any atom is -0.493 e. The van der Waals surface area contributed by atoms with E-state index in [4.69, 9.17) is 14.7 Å². The second kappa shape index (κ2) is 19.7. The highest BCUT2D eigenvalue weighted by Gasteiger charge is 2.23. The van der Waals surface area contributed by atoms with E-state index in [2.05, 4.69) is 26.0 Å². The predicted octanol–water partition coefficient (Wildman–Crippen LogP) is 8.16. The number of nitriles is 1. The molecule has 0 bridgehead atoms. The summed E-state index contributed by atoms with van der Waals surface area (Å²) in [5.74, 6) is 2.20. The van der Waals surface area contributed by atoms with Gasteiger partial charge in [0.1, 0.15) is 0 Å². The average molecular weight is 424 g/mol. The van der Waals surface area contributed by atoms with Gasteiger partial charge in [-0.1, -0.05) is 47.1 Å². The van der Waals surface area contributed by atoms with Crippen molar-refractivity contribution < 1.29 is 14.0 Å². The number of hydrogen-bond donors (Lipinski definition) is 0. The van der Waals surface area contributed by atoms with Crippen LogP contribution in [0.1, 0.15) is 98.5 Å². The molecule has 0 aromatic heterocycles. The summed E-state index contributed by atoms with van der Waals surface area (Å²) in [5.41, 5.74) is 1.68. The van der Waals surface area contributed by atoms with Gasteiger partial charge in [0, 0.05) is 12.6 Å². The van der Waals surface area contributed by atoms with Crippen LogP contribution >= 0.6 is 8.46 Å². The topological polar surface area (TPSA) is 59.3 Å². The van der Waals surface area contributed by atoms with E-state index in [1.54, 1.807) is 13.2 Å². The average Bonchev–Trinajstić information content (AvgIpc) is 2.77. The fourth-order valence-corrected chi connectivity index (χ4v) is 3.75. The van der Waals surface area contributed by atoms with Crippen LogP contribution in [0.3, 0.4) is 0 Å². The molecule has 1 aromatic rings. The molecule has 1 atom stereocenters. The molecule has 1 aliphatic carbocycles. The lowest BCUT2D eigenvalue weighted by molar-refractivity contribution is 0.200. The first-order valence-electron chi connectivity index (χ1n) is 11.1. The summed E-state index contributed by atoms with van der Waals surface area (Å²) in [5, 5.41) is 7.32. The highest BCUT2D eigenvalue weighted by Crippen LogP contribution is 2.40. The maximum atomic E-state index is 11.0. The molecule has 5 heteroatoms. The molecule has 166 valence electrons. The molecule has 1 aromatic carbocycles. The third kappa shape index (κ3) is 11.9. The smallest absolute Gasteiger partial charge is 0.161 e. The maximum Gasteiger partial charge on any atom is 0.161 e. The van der Waals surface area contributed by atoms with Crippen molar-refractivity contribution in [3.05, 3.63) is 23.8 Å². The van der Waals surface area contributed by atoms with E-state index in [9.17, 15) is 4.57 Å².